The number of hydrogen-bond acceptors (Lipinski definition) is 0. The SMILES string of the molecule is CC(C)(C)/C(Cl)=C(\Cl)c1ccccc1. The molecule has 0 aromatic heterocycles. The molecule has 1 aromatic carbocycles. The Kier molecular flexibility index (Phi) is 3.63. The summed E-state index contributed by atoms with van der Waals surface area (Å²) in [4.78, 5) is 0. The largest absolute Gasteiger partial charge is 0.0869 e. The average Bonchev–Trinajstić information content (AvgIpc) is 2.15. The van der Waals surface area contributed by atoms with Gasteiger partial charge in [0.15, 0.2) is 0 Å². The van der Waals surface area contributed by atoms with E-state index >= 15 is 0 Å². The summed E-state index contributed by atoms with van der Waals surface area (Å²) in [6.07, 6.45) is 0. The van der Waals surface area contributed by atoms with Gasteiger partial charge in [0.2, 0.25) is 0 Å². The van der Waals surface area contributed by atoms with Crippen LogP contribution >= 0.6 is 23.2 Å². The van der Waals surface area contributed by atoms with Crippen molar-refractivity contribution >= 4 is 28.2 Å². The van der Waals surface area contributed by atoms with E-state index in [2.05, 4.69) is 0 Å². The minimum absolute atomic E-state index is 0.103. The summed E-state index contributed by atoms with van der Waals surface area (Å²) in [5, 5.41) is 1.34. The predicted octanol–water partition coefficient (Wildman–Crippen LogP) is 4.88. The highest BCUT2D eigenvalue weighted by molar-refractivity contribution is 6.54. The summed E-state index contributed by atoms with van der Waals surface area (Å²) in [6.45, 7) is 6.13. The van der Waals surface area contributed by atoms with E-state index in [0.717, 1.165) is 5.56 Å². The molecule has 0 unspecified atom stereocenters. The molecule has 76 valence electrons. The van der Waals surface area contributed by atoms with Crippen molar-refractivity contribution in [2.24, 2.45) is 5.41 Å². The van der Waals surface area contributed by atoms with Crippen LogP contribution in [0.5, 0.6) is 0 Å². The first kappa shape index (κ1) is 11.6. The van der Waals surface area contributed by atoms with Crippen molar-refractivity contribution in [3.63, 3.8) is 0 Å². The summed E-state index contributed by atoms with van der Waals surface area (Å²) < 4.78 is 0. The second-order valence-electron chi connectivity index (χ2n) is 4.24. The van der Waals surface area contributed by atoms with Crippen LogP contribution in [0, 0.1) is 5.41 Å². The Balaban J connectivity index is 3.12. The van der Waals surface area contributed by atoms with E-state index < -0.39 is 0 Å². The van der Waals surface area contributed by atoms with Crippen molar-refractivity contribution in [1.29, 1.82) is 0 Å². The third-order valence-electron chi connectivity index (χ3n) is 1.88. The lowest BCUT2D eigenvalue weighted by atomic mass is 9.94. The molecule has 0 aliphatic heterocycles. The third kappa shape index (κ3) is 2.76. The van der Waals surface area contributed by atoms with Crippen molar-refractivity contribution in [2.45, 2.75) is 20.8 Å². The summed E-state index contributed by atoms with van der Waals surface area (Å²) >= 11 is 12.4. The molecule has 0 saturated heterocycles. The maximum absolute atomic E-state index is 6.19. The standard InChI is InChI=1S/C12H14Cl2/c1-12(2,3)11(14)10(13)9-7-5-4-6-8-9/h4-8H,1-3H3/b11-10+. The van der Waals surface area contributed by atoms with Gasteiger partial charge in [-0.1, -0.05) is 74.3 Å². The first-order chi connectivity index (χ1) is 6.43. The van der Waals surface area contributed by atoms with Crippen molar-refractivity contribution in [2.75, 3.05) is 0 Å². The quantitative estimate of drug-likeness (QED) is 0.643. The van der Waals surface area contributed by atoms with Gasteiger partial charge in [0.05, 0.1) is 5.03 Å². The lowest BCUT2D eigenvalue weighted by molar-refractivity contribution is 0.533. The third-order valence-corrected chi connectivity index (χ3v) is 3.14. The maximum Gasteiger partial charge on any atom is 0.0628 e. The highest BCUT2D eigenvalue weighted by Gasteiger charge is 2.19. The van der Waals surface area contributed by atoms with Crippen LogP contribution in [0.3, 0.4) is 0 Å². The number of hydrogen-bond donors (Lipinski definition) is 0. The topological polar surface area (TPSA) is 0 Å². The highest BCUT2D eigenvalue weighted by Crippen LogP contribution is 2.37. The number of rotatable bonds is 1. The molecule has 2 heteroatoms. The van der Waals surface area contributed by atoms with E-state index in [1.807, 2.05) is 51.1 Å². The van der Waals surface area contributed by atoms with Crippen molar-refractivity contribution < 1.29 is 0 Å². The van der Waals surface area contributed by atoms with Gasteiger partial charge in [0, 0.05) is 5.03 Å². The minimum Gasteiger partial charge on any atom is -0.0869 e. The zero-order valence-electron chi connectivity index (χ0n) is 8.64. The molecular formula is C12H14Cl2. The van der Waals surface area contributed by atoms with Crippen LogP contribution in [0.25, 0.3) is 5.03 Å². The van der Waals surface area contributed by atoms with Gasteiger partial charge < -0.3 is 0 Å². The van der Waals surface area contributed by atoms with Crippen LogP contribution in [0.15, 0.2) is 35.4 Å². The maximum atomic E-state index is 6.19. The van der Waals surface area contributed by atoms with Crippen LogP contribution in [-0.2, 0) is 0 Å². The summed E-state index contributed by atoms with van der Waals surface area (Å²) in [7, 11) is 0. The minimum atomic E-state index is -0.103. The Morgan fingerprint density at radius 2 is 1.50 bits per heavy atom. The highest BCUT2D eigenvalue weighted by atomic mass is 35.5. The number of halogens is 2. The molecule has 0 atom stereocenters. The van der Waals surface area contributed by atoms with Crippen LogP contribution in [-0.4, -0.2) is 0 Å². The molecule has 0 heterocycles. The number of benzene rings is 1. The second kappa shape index (κ2) is 4.37. The molecule has 0 aliphatic rings. The first-order valence-corrected chi connectivity index (χ1v) is 5.29. The molecule has 1 aromatic rings. The zero-order valence-corrected chi connectivity index (χ0v) is 10.2. The molecule has 0 nitrogen and oxygen atoms in total. The van der Waals surface area contributed by atoms with Gasteiger partial charge in [-0.25, -0.2) is 0 Å². The normalized spacial score (nSPS) is 13.8. The zero-order chi connectivity index (χ0) is 10.8. The molecule has 0 amide bonds. The lowest BCUT2D eigenvalue weighted by Crippen LogP contribution is -2.05. The summed E-state index contributed by atoms with van der Waals surface area (Å²) in [5.74, 6) is 0. The van der Waals surface area contributed by atoms with Gasteiger partial charge in [0.25, 0.3) is 0 Å². The molecule has 0 spiro atoms. The Labute approximate surface area is 95.5 Å². The van der Waals surface area contributed by atoms with Gasteiger partial charge >= 0.3 is 0 Å². The van der Waals surface area contributed by atoms with Crippen LogP contribution in [0.2, 0.25) is 0 Å². The van der Waals surface area contributed by atoms with E-state index in [1.165, 1.54) is 0 Å². The summed E-state index contributed by atoms with van der Waals surface area (Å²) in [6, 6.07) is 9.76. The lowest BCUT2D eigenvalue weighted by Gasteiger charge is -2.19. The Morgan fingerprint density at radius 1 is 1.00 bits per heavy atom. The molecule has 0 N–H and O–H groups in total. The van der Waals surface area contributed by atoms with Gasteiger partial charge in [-0.3, -0.25) is 0 Å². The summed E-state index contributed by atoms with van der Waals surface area (Å²) in [5.41, 5.74) is 0.864. The molecular weight excluding hydrogens is 215 g/mol. The number of allylic oxidation sites excluding steroid dienone is 1. The molecule has 14 heavy (non-hydrogen) atoms. The van der Waals surface area contributed by atoms with Crippen LogP contribution < -0.4 is 0 Å². The van der Waals surface area contributed by atoms with E-state index in [1.54, 1.807) is 0 Å². The van der Waals surface area contributed by atoms with E-state index in [4.69, 9.17) is 23.2 Å². The van der Waals surface area contributed by atoms with Crippen molar-refractivity contribution in [1.82, 2.24) is 0 Å². The van der Waals surface area contributed by atoms with E-state index in [-0.39, 0.29) is 5.41 Å². The fourth-order valence-corrected chi connectivity index (χ4v) is 1.56. The molecule has 0 radical (unpaired) electrons. The molecule has 0 aliphatic carbocycles. The van der Waals surface area contributed by atoms with E-state index in [9.17, 15) is 0 Å². The van der Waals surface area contributed by atoms with E-state index in [0.29, 0.717) is 10.1 Å². The van der Waals surface area contributed by atoms with Crippen LogP contribution in [0.4, 0.5) is 0 Å². The first-order valence-electron chi connectivity index (χ1n) is 4.54. The van der Waals surface area contributed by atoms with Gasteiger partial charge in [0.1, 0.15) is 0 Å². The molecule has 0 fully saturated rings. The van der Waals surface area contributed by atoms with Gasteiger partial charge in [-0.15, -0.1) is 0 Å². The second-order valence-corrected chi connectivity index (χ2v) is 5.00. The smallest absolute Gasteiger partial charge is 0.0628 e. The monoisotopic (exact) mass is 228 g/mol. The molecule has 1 rings (SSSR count). The van der Waals surface area contributed by atoms with Crippen molar-refractivity contribution in [3.8, 4) is 0 Å². The fraction of sp³-hybridized carbons (Fsp3) is 0.333. The van der Waals surface area contributed by atoms with Gasteiger partial charge in [-0.05, 0) is 11.0 Å². The predicted molar refractivity (Wildman–Crippen MR) is 64.5 cm³/mol. The Bertz CT molecular complexity index is 331. The van der Waals surface area contributed by atoms with Crippen molar-refractivity contribution in [3.05, 3.63) is 40.9 Å². The van der Waals surface area contributed by atoms with Gasteiger partial charge in [-0.2, -0.15) is 0 Å². The molecule has 0 bridgehead atoms. The Morgan fingerprint density at radius 3 is 1.93 bits per heavy atom. The average molecular weight is 229 g/mol. The Hall–Kier alpha value is -0.460. The fourth-order valence-electron chi connectivity index (χ4n) is 1.04. The van der Waals surface area contributed by atoms with Crippen LogP contribution in [0.1, 0.15) is 26.3 Å². The molecule has 0 saturated carbocycles.